The maximum atomic E-state index is 12.9. The van der Waals surface area contributed by atoms with Crippen molar-refractivity contribution in [1.29, 1.82) is 0 Å². The Morgan fingerprint density at radius 1 is 1.03 bits per heavy atom. The van der Waals surface area contributed by atoms with Gasteiger partial charge in [-0.25, -0.2) is 4.79 Å². The van der Waals surface area contributed by atoms with E-state index in [1.807, 2.05) is 48.5 Å². The van der Waals surface area contributed by atoms with Gasteiger partial charge in [-0.15, -0.1) is 0 Å². The Bertz CT molecular complexity index is 989. The minimum absolute atomic E-state index is 0.0652. The Morgan fingerprint density at radius 3 is 2.15 bits per heavy atom. The molecule has 1 heterocycles. The Balaban J connectivity index is 1.40. The van der Waals surface area contributed by atoms with E-state index in [4.69, 9.17) is 4.74 Å². The molecule has 2 aromatic rings. The molecule has 1 atom stereocenters. The van der Waals surface area contributed by atoms with Crippen molar-refractivity contribution in [3.8, 4) is 11.1 Å². The largest absolute Gasteiger partial charge is 0.481 e. The molecule has 0 saturated carbocycles. The van der Waals surface area contributed by atoms with E-state index in [1.54, 1.807) is 0 Å². The van der Waals surface area contributed by atoms with Gasteiger partial charge >= 0.3 is 12.1 Å². The van der Waals surface area contributed by atoms with E-state index < -0.39 is 37.1 Å². The van der Waals surface area contributed by atoms with Crippen LogP contribution in [0.3, 0.4) is 0 Å². The summed E-state index contributed by atoms with van der Waals surface area (Å²) in [7, 11) is 0. The second-order valence-corrected chi connectivity index (χ2v) is 8.54. The third-order valence-electron chi connectivity index (χ3n) is 6.46. The normalized spacial score (nSPS) is 16.6. The molecule has 0 aromatic heterocycles. The molecule has 2 N–H and O–H groups in total. The highest BCUT2D eigenvalue weighted by Gasteiger charge is 2.33. The van der Waals surface area contributed by atoms with Crippen molar-refractivity contribution >= 4 is 18.0 Å². The number of halogens is 1. The average Bonchev–Trinajstić information content (AvgIpc) is 3.15. The van der Waals surface area contributed by atoms with Crippen LogP contribution in [0.1, 0.15) is 36.3 Å². The maximum Gasteiger partial charge on any atom is 0.407 e. The molecular weight excluding hydrogens is 427 g/mol. The van der Waals surface area contributed by atoms with Crippen LogP contribution in [0.15, 0.2) is 48.5 Å². The third kappa shape index (κ3) is 4.99. The van der Waals surface area contributed by atoms with Crippen LogP contribution in [-0.4, -0.2) is 60.4 Å². The zero-order chi connectivity index (χ0) is 23.4. The van der Waals surface area contributed by atoms with Crippen molar-refractivity contribution < 1.29 is 28.6 Å². The number of likely N-dealkylation sites (tertiary alicyclic amines) is 1. The van der Waals surface area contributed by atoms with Gasteiger partial charge in [0.15, 0.2) is 0 Å². The molecule has 174 valence electrons. The smallest absolute Gasteiger partial charge is 0.407 e. The number of alkyl halides is 1. The first-order chi connectivity index (χ1) is 16.0. The van der Waals surface area contributed by atoms with Gasteiger partial charge in [0, 0.05) is 19.0 Å². The van der Waals surface area contributed by atoms with Crippen molar-refractivity contribution in [2.75, 3.05) is 26.4 Å². The molecule has 0 radical (unpaired) electrons. The Morgan fingerprint density at radius 2 is 1.61 bits per heavy atom. The Hall–Kier alpha value is -3.42. The van der Waals surface area contributed by atoms with Crippen molar-refractivity contribution in [2.24, 2.45) is 5.92 Å². The summed E-state index contributed by atoms with van der Waals surface area (Å²) in [6.45, 7) is 0.320. The Kier molecular flexibility index (Phi) is 6.91. The number of piperidine rings is 1. The summed E-state index contributed by atoms with van der Waals surface area (Å²) < 4.78 is 18.3. The number of alkyl carbamates (subject to hydrolysis) is 1. The highest BCUT2D eigenvalue weighted by molar-refractivity contribution is 5.89. The van der Waals surface area contributed by atoms with Crippen molar-refractivity contribution in [3.63, 3.8) is 0 Å². The van der Waals surface area contributed by atoms with Gasteiger partial charge < -0.3 is 20.1 Å². The number of benzene rings is 2. The summed E-state index contributed by atoms with van der Waals surface area (Å²) in [5, 5.41) is 11.7. The van der Waals surface area contributed by atoms with Crippen LogP contribution in [0.25, 0.3) is 11.1 Å². The molecule has 0 spiro atoms. The summed E-state index contributed by atoms with van der Waals surface area (Å²) in [4.78, 5) is 38.2. The summed E-state index contributed by atoms with van der Waals surface area (Å²) in [6.07, 6.45) is -0.346. The number of hydrogen-bond donors (Lipinski definition) is 2. The lowest BCUT2D eigenvalue weighted by Gasteiger charge is -2.33. The minimum atomic E-state index is -1.24. The Labute approximate surface area is 191 Å². The van der Waals surface area contributed by atoms with Crippen LogP contribution in [0.4, 0.5) is 9.18 Å². The summed E-state index contributed by atoms with van der Waals surface area (Å²) in [6, 6.07) is 14.6. The van der Waals surface area contributed by atoms with E-state index >= 15 is 0 Å². The van der Waals surface area contributed by atoms with Gasteiger partial charge in [-0.2, -0.15) is 0 Å². The number of carboxylic acids is 1. The van der Waals surface area contributed by atoms with Crippen LogP contribution in [0.2, 0.25) is 0 Å². The molecule has 4 rings (SSSR count). The fourth-order valence-corrected chi connectivity index (χ4v) is 4.69. The van der Waals surface area contributed by atoms with Gasteiger partial charge in [0.1, 0.15) is 12.6 Å². The number of rotatable bonds is 7. The highest BCUT2D eigenvalue weighted by Crippen LogP contribution is 2.44. The quantitative estimate of drug-likeness (QED) is 0.667. The van der Waals surface area contributed by atoms with Gasteiger partial charge in [-0.05, 0) is 41.0 Å². The van der Waals surface area contributed by atoms with E-state index in [0.717, 1.165) is 22.3 Å². The third-order valence-corrected chi connectivity index (χ3v) is 6.46. The number of carbonyl (C=O) groups excluding carboxylic acids is 2. The molecule has 7 nitrogen and oxygen atoms in total. The second-order valence-electron chi connectivity index (χ2n) is 8.54. The number of fused-ring (bicyclic) bond motifs is 3. The topological polar surface area (TPSA) is 95.9 Å². The molecular formula is C25H27FN2O5. The van der Waals surface area contributed by atoms with Crippen LogP contribution >= 0.6 is 0 Å². The number of hydrogen-bond acceptors (Lipinski definition) is 4. The molecule has 1 aliphatic carbocycles. The van der Waals surface area contributed by atoms with E-state index in [2.05, 4.69) is 5.32 Å². The van der Waals surface area contributed by atoms with Crippen LogP contribution in [-0.2, 0) is 14.3 Å². The highest BCUT2D eigenvalue weighted by atomic mass is 19.1. The summed E-state index contributed by atoms with van der Waals surface area (Å²) in [5.41, 5.74) is 4.30. The molecule has 2 amide bonds. The number of carboxylic acid groups (broad SMARTS) is 1. The molecule has 33 heavy (non-hydrogen) atoms. The molecule has 0 bridgehead atoms. The minimum Gasteiger partial charge on any atom is -0.481 e. The lowest BCUT2D eigenvalue weighted by Crippen LogP contribution is -2.51. The predicted molar refractivity (Wildman–Crippen MR) is 120 cm³/mol. The number of amides is 2. The van der Waals surface area contributed by atoms with Gasteiger partial charge in [-0.3, -0.25) is 14.0 Å². The maximum absolute atomic E-state index is 12.9. The average molecular weight is 454 g/mol. The zero-order valence-corrected chi connectivity index (χ0v) is 18.2. The molecule has 1 saturated heterocycles. The molecule has 1 unspecified atom stereocenters. The van der Waals surface area contributed by atoms with Crippen molar-refractivity contribution in [3.05, 3.63) is 59.7 Å². The van der Waals surface area contributed by atoms with Crippen molar-refractivity contribution in [2.45, 2.75) is 31.2 Å². The standard InChI is InChI=1S/C25H27FN2O5/c26-14-16-9-11-28(12-10-16)24(31)22(13-23(29)30)27-25(32)33-15-21-19-7-3-1-5-17(19)18-6-2-4-8-20(18)21/h1-8,16,21-22H,9-15H2,(H,27,32)(H,29,30). The van der Waals surface area contributed by atoms with E-state index in [1.165, 1.54) is 4.90 Å². The molecule has 2 aromatic carbocycles. The van der Waals surface area contributed by atoms with Crippen molar-refractivity contribution in [1.82, 2.24) is 10.2 Å². The van der Waals surface area contributed by atoms with Gasteiger partial charge in [-0.1, -0.05) is 48.5 Å². The first-order valence-electron chi connectivity index (χ1n) is 11.2. The lowest BCUT2D eigenvalue weighted by molar-refractivity contribution is -0.143. The number of aliphatic carboxylic acids is 1. The second kappa shape index (κ2) is 10.0. The van der Waals surface area contributed by atoms with Crippen LogP contribution < -0.4 is 5.32 Å². The fraction of sp³-hybridized carbons (Fsp3) is 0.400. The van der Waals surface area contributed by atoms with E-state index in [0.29, 0.717) is 25.9 Å². The van der Waals surface area contributed by atoms with E-state index in [9.17, 15) is 23.9 Å². The first kappa shape index (κ1) is 22.8. The fourth-order valence-electron chi connectivity index (χ4n) is 4.69. The lowest BCUT2D eigenvalue weighted by atomic mass is 9.97. The molecule has 8 heteroatoms. The van der Waals surface area contributed by atoms with Gasteiger partial charge in [0.2, 0.25) is 5.91 Å². The zero-order valence-electron chi connectivity index (χ0n) is 18.2. The van der Waals surface area contributed by atoms with Gasteiger partial charge in [0.25, 0.3) is 0 Å². The van der Waals surface area contributed by atoms with Crippen LogP contribution in [0.5, 0.6) is 0 Å². The molecule has 2 aliphatic rings. The first-order valence-corrected chi connectivity index (χ1v) is 11.2. The predicted octanol–water partition coefficient (Wildman–Crippen LogP) is 3.58. The van der Waals surface area contributed by atoms with Gasteiger partial charge in [0.05, 0.1) is 13.1 Å². The molecule has 1 fully saturated rings. The summed E-state index contributed by atoms with van der Waals surface area (Å²) >= 11 is 0. The monoisotopic (exact) mass is 454 g/mol. The van der Waals surface area contributed by atoms with E-state index in [-0.39, 0.29) is 18.4 Å². The van der Waals surface area contributed by atoms with Crippen LogP contribution in [0, 0.1) is 5.92 Å². The SMILES string of the molecule is O=C(O)CC(NC(=O)OCC1c2ccccc2-c2ccccc21)C(=O)N1CCC(CF)CC1. The number of carbonyl (C=O) groups is 3. The summed E-state index contributed by atoms with van der Waals surface area (Å²) in [5.74, 6) is -1.91. The number of nitrogens with one attached hydrogen (secondary N) is 1. The number of ether oxygens (including phenoxy) is 1. The molecule has 1 aliphatic heterocycles. The number of nitrogens with zero attached hydrogens (tertiary/aromatic N) is 1.